The van der Waals surface area contributed by atoms with Crippen LogP contribution in [0.2, 0.25) is 0 Å². The molecule has 0 spiro atoms. The van der Waals surface area contributed by atoms with Crippen LogP contribution >= 0.6 is 0 Å². The van der Waals surface area contributed by atoms with Gasteiger partial charge in [-0.15, -0.1) is 0 Å². The predicted molar refractivity (Wildman–Crippen MR) is 77.3 cm³/mol. The number of aryl methyl sites for hydroxylation is 1. The molecular weight excluding hydrogens is 256 g/mol. The van der Waals surface area contributed by atoms with E-state index in [1.165, 1.54) is 11.8 Å². The molecular formula is C14H18N4O2. The summed E-state index contributed by atoms with van der Waals surface area (Å²) in [5, 5.41) is 21.9. The number of hydrogen-bond acceptors (Lipinski definition) is 5. The molecule has 20 heavy (non-hydrogen) atoms. The standard InChI is InChI=1S/C14H18N4O2/c15-8-11(14(19)20)9-16-7-5-12-4-3-10-2-1-6-17-13(10)18-12/h3-4,8-9,15-16H,1-2,5-7H2,(H,17,18)(H,19,20)/b11-9+,15-8?. The van der Waals surface area contributed by atoms with Gasteiger partial charge in [0.2, 0.25) is 0 Å². The lowest BCUT2D eigenvalue weighted by atomic mass is 10.1. The van der Waals surface area contributed by atoms with Crippen molar-refractivity contribution in [2.75, 3.05) is 18.4 Å². The SMILES string of the molecule is N=C/C(=C\NCCc1ccc2c(n1)NCCC2)C(=O)O. The first kappa shape index (κ1) is 14.0. The second kappa shape index (κ2) is 6.70. The molecule has 6 heteroatoms. The van der Waals surface area contributed by atoms with E-state index in [4.69, 9.17) is 10.5 Å². The van der Waals surface area contributed by atoms with E-state index < -0.39 is 5.97 Å². The van der Waals surface area contributed by atoms with Crippen molar-refractivity contribution >= 4 is 18.0 Å². The van der Waals surface area contributed by atoms with Crippen LogP contribution in [0.5, 0.6) is 0 Å². The van der Waals surface area contributed by atoms with Gasteiger partial charge < -0.3 is 21.1 Å². The van der Waals surface area contributed by atoms with Crippen molar-refractivity contribution < 1.29 is 9.90 Å². The van der Waals surface area contributed by atoms with Gasteiger partial charge in [0.25, 0.3) is 0 Å². The number of fused-ring (bicyclic) bond motifs is 1. The number of carboxylic acid groups (broad SMARTS) is 1. The largest absolute Gasteiger partial charge is 0.478 e. The topological polar surface area (TPSA) is 98.1 Å². The number of pyridine rings is 1. The second-order valence-electron chi connectivity index (χ2n) is 4.59. The summed E-state index contributed by atoms with van der Waals surface area (Å²) in [7, 11) is 0. The summed E-state index contributed by atoms with van der Waals surface area (Å²) in [4.78, 5) is 15.2. The number of aromatic nitrogens is 1. The summed E-state index contributed by atoms with van der Waals surface area (Å²) in [5.74, 6) is -0.140. The summed E-state index contributed by atoms with van der Waals surface area (Å²) in [6.07, 6.45) is 5.07. The second-order valence-corrected chi connectivity index (χ2v) is 4.59. The zero-order valence-electron chi connectivity index (χ0n) is 11.1. The molecule has 1 aromatic heterocycles. The quantitative estimate of drug-likeness (QED) is 0.355. The van der Waals surface area contributed by atoms with Crippen molar-refractivity contribution in [2.24, 2.45) is 0 Å². The molecule has 2 heterocycles. The average molecular weight is 274 g/mol. The summed E-state index contributed by atoms with van der Waals surface area (Å²) in [6.45, 7) is 1.54. The van der Waals surface area contributed by atoms with Gasteiger partial charge in [-0.05, 0) is 24.5 Å². The van der Waals surface area contributed by atoms with Crippen LogP contribution in [-0.2, 0) is 17.6 Å². The first-order valence-electron chi connectivity index (χ1n) is 6.60. The fourth-order valence-electron chi connectivity index (χ4n) is 2.06. The maximum Gasteiger partial charge on any atom is 0.338 e. The molecule has 0 fully saturated rings. The molecule has 2 rings (SSSR count). The van der Waals surface area contributed by atoms with E-state index in [1.54, 1.807) is 0 Å². The number of carboxylic acids is 1. The van der Waals surface area contributed by atoms with E-state index in [-0.39, 0.29) is 5.57 Å². The Morgan fingerprint density at radius 3 is 3.15 bits per heavy atom. The third-order valence-electron chi connectivity index (χ3n) is 3.14. The lowest BCUT2D eigenvalue weighted by Crippen LogP contribution is -2.17. The number of rotatable bonds is 6. The van der Waals surface area contributed by atoms with E-state index >= 15 is 0 Å². The molecule has 4 N–H and O–H groups in total. The van der Waals surface area contributed by atoms with Gasteiger partial charge in [0, 0.05) is 37.6 Å². The number of carbonyl (C=O) groups is 1. The Balaban J connectivity index is 1.88. The highest BCUT2D eigenvalue weighted by atomic mass is 16.4. The number of nitrogens with one attached hydrogen (secondary N) is 3. The van der Waals surface area contributed by atoms with Crippen LogP contribution in [0.15, 0.2) is 23.9 Å². The molecule has 1 aliphatic heterocycles. The molecule has 0 saturated heterocycles. The highest BCUT2D eigenvalue weighted by Gasteiger charge is 2.09. The van der Waals surface area contributed by atoms with Gasteiger partial charge in [0.05, 0.1) is 5.57 Å². The van der Waals surface area contributed by atoms with E-state index in [2.05, 4.69) is 21.7 Å². The Hall–Kier alpha value is -2.37. The maximum atomic E-state index is 10.7. The van der Waals surface area contributed by atoms with E-state index in [9.17, 15) is 4.79 Å². The summed E-state index contributed by atoms with van der Waals surface area (Å²) in [5.41, 5.74) is 2.15. The van der Waals surface area contributed by atoms with Gasteiger partial charge in [-0.2, -0.15) is 0 Å². The first-order chi connectivity index (χ1) is 9.70. The third-order valence-corrected chi connectivity index (χ3v) is 3.14. The van der Waals surface area contributed by atoms with Crippen molar-refractivity contribution in [1.82, 2.24) is 10.3 Å². The number of anilines is 1. The third kappa shape index (κ3) is 3.57. The summed E-state index contributed by atoms with van der Waals surface area (Å²) < 4.78 is 0. The molecule has 0 bridgehead atoms. The monoisotopic (exact) mass is 274 g/mol. The van der Waals surface area contributed by atoms with Gasteiger partial charge in [0.15, 0.2) is 0 Å². The molecule has 0 saturated carbocycles. The highest BCUT2D eigenvalue weighted by molar-refractivity contribution is 6.07. The molecule has 0 unspecified atom stereocenters. The van der Waals surface area contributed by atoms with Crippen molar-refractivity contribution in [2.45, 2.75) is 19.3 Å². The van der Waals surface area contributed by atoms with Crippen LogP contribution in [0.1, 0.15) is 17.7 Å². The van der Waals surface area contributed by atoms with Crippen molar-refractivity contribution in [3.8, 4) is 0 Å². The molecule has 0 atom stereocenters. The Labute approximate surface area is 117 Å². The average Bonchev–Trinajstić information content (AvgIpc) is 2.46. The Bertz CT molecular complexity index is 540. The smallest absolute Gasteiger partial charge is 0.338 e. The van der Waals surface area contributed by atoms with Crippen LogP contribution in [0, 0.1) is 5.41 Å². The van der Waals surface area contributed by atoms with Gasteiger partial charge in [0.1, 0.15) is 5.82 Å². The first-order valence-corrected chi connectivity index (χ1v) is 6.60. The van der Waals surface area contributed by atoms with E-state index in [1.807, 2.05) is 6.07 Å². The van der Waals surface area contributed by atoms with Gasteiger partial charge in [-0.3, -0.25) is 0 Å². The molecule has 0 aliphatic carbocycles. The van der Waals surface area contributed by atoms with Crippen LogP contribution in [0.4, 0.5) is 5.82 Å². The minimum Gasteiger partial charge on any atom is -0.478 e. The van der Waals surface area contributed by atoms with E-state index in [0.29, 0.717) is 13.0 Å². The lowest BCUT2D eigenvalue weighted by molar-refractivity contribution is -0.132. The summed E-state index contributed by atoms with van der Waals surface area (Å²) >= 11 is 0. The molecule has 0 radical (unpaired) electrons. The molecule has 1 aliphatic rings. The lowest BCUT2D eigenvalue weighted by Gasteiger charge is -2.17. The normalized spacial score (nSPS) is 14.1. The Morgan fingerprint density at radius 2 is 2.40 bits per heavy atom. The minimum absolute atomic E-state index is 0.0648. The molecule has 0 amide bonds. The van der Waals surface area contributed by atoms with Crippen molar-refractivity contribution in [3.63, 3.8) is 0 Å². The van der Waals surface area contributed by atoms with E-state index in [0.717, 1.165) is 37.1 Å². The van der Waals surface area contributed by atoms with Gasteiger partial charge in [-0.1, -0.05) is 6.07 Å². The zero-order chi connectivity index (χ0) is 14.4. The Morgan fingerprint density at radius 1 is 1.55 bits per heavy atom. The van der Waals surface area contributed by atoms with Gasteiger partial charge in [-0.25, -0.2) is 9.78 Å². The summed E-state index contributed by atoms with van der Waals surface area (Å²) in [6, 6.07) is 4.10. The highest BCUT2D eigenvalue weighted by Crippen LogP contribution is 2.19. The fourth-order valence-corrected chi connectivity index (χ4v) is 2.06. The molecule has 0 aromatic carbocycles. The maximum absolute atomic E-state index is 10.7. The fraction of sp³-hybridized carbons (Fsp3) is 0.357. The molecule has 106 valence electrons. The van der Waals surface area contributed by atoms with Crippen LogP contribution in [0.3, 0.4) is 0 Å². The zero-order valence-corrected chi connectivity index (χ0v) is 11.1. The predicted octanol–water partition coefficient (Wildman–Crippen LogP) is 1.19. The number of aliphatic carboxylic acids is 1. The molecule has 6 nitrogen and oxygen atoms in total. The van der Waals surface area contributed by atoms with Crippen LogP contribution in [-0.4, -0.2) is 35.4 Å². The number of hydrogen-bond donors (Lipinski definition) is 4. The van der Waals surface area contributed by atoms with Crippen LogP contribution in [0.25, 0.3) is 0 Å². The number of nitrogens with zero attached hydrogens (tertiary/aromatic N) is 1. The van der Waals surface area contributed by atoms with Gasteiger partial charge >= 0.3 is 5.97 Å². The van der Waals surface area contributed by atoms with Crippen LogP contribution < -0.4 is 10.6 Å². The van der Waals surface area contributed by atoms with Crippen molar-refractivity contribution in [3.05, 3.63) is 35.2 Å². The Kier molecular flexibility index (Phi) is 4.70. The van der Waals surface area contributed by atoms with Crippen molar-refractivity contribution in [1.29, 1.82) is 5.41 Å². The molecule has 1 aromatic rings. The minimum atomic E-state index is -1.11.